The fourth-order valence-electron chi connectivity index (χ4n) is 2.83. The lowest BCUT2D eigenvalue weighted by molar-refractivity contribution is 0.641. The van der Waals surface area contributed by atoms with Crippen LogP contribution in [0.25, 0.3) is 11.1 Å². The van der Waals surface area contributed by atoms with E-state index in [9.17, 15) is 0 Å². The van der Waals surface area contributed by atoms with Crippen LogP contribution in [0.15, 0.2) is 78.9 Å². The highest BCUT2D eigenvalue weighted by Gasteiger charge is 2.23. The van der Waals surface area contributed by atoms with E-state index in [4.69, 9.17) is 5.73 Å². The highest BCUT2D eigenvalue weighted by Crippen LogP contribution is 2.35. The van der Waals surface area contributed by atoms with Gasteiger partial charge in [-0.2, -0.15) is 0 Å². The maximum Gasteiger partial charge on any atom is 0.0393 e. The van der Waals surface area contributed by atoms with Crippen molar-refractivity contribution in [3.63, 3.8) is 0 Å². The van der Waals surface area contributed by atoms with Crippen molar-refractivity contribution in [2.24, 2.45) is 0 Å². The molecule has 3 aromatic carbocycles. The number of hydrogen-bond donors (Lipinski definition) is 1. The maximum atomic E-state index is 6.20. The third kappa shape index (κ3) is 2.62. The van der Waals surface area contributed by atoms with Crippen LogP contribution in [0.2, 0.25) is 0 Å². The van der Waals surface area contributed by atoms with Crippen LogP contribution in [-0.4, -0.2) is 0 Å². The molecule has 3 aromatic rings. The lowest BCUT2D eigenvalue weighted by Crippen LogP contribution is -2.19. The molecular formula is C21H21N. The minimum absolute atomic E-state index is 0.0571. The third-order valence-electron chi connectivity index (χ3n) is 4.36. The average Bonchev–Trinajstić information content (AvgIpc) is 2.57. The van der Waals surface area contributed by atoms with Gasteiger partial charge in [0.1, 0.15) is 0 Å². The minimum Gasteiger partial charge on any atom is -0.398 e. The maximum absolute atomic E-state index is 6.20. The van der Waals surface area contributed by atoms with E-state index in [0.717, 1.165) is 16.8 Å². The normalized spacial score (nSPS) is 11.4. The molecule has 0 aliphatic heterocycles. The Labute approximate surface area is 132 Å². The van der Waals surface area contributed by atoms with Gasteiger partial charge in [0.2, 0.25) is 0 Å². The van der Waals surface area contributed by atoms with E-state index in [2.05, 4.69) is 68.4 Å². The van der Waals surface area contributed by atoms with Gasteiger partial charge in [-0.25, -0.2) is 0 Å². The zero-order chi connectivity index (χ0) is 15.6. The van der Waals surface area contributed by atoms with Gasteiger partial charge in [-0.1, -0.05) is 80.6 Å². The summed E-state index contributed by atoms with van der Waals surface area (Å²) in [6.07, 6.45) is 0. The lowest BCUT2D eigenvalue weighted by Gasteiger charge is -2.27. The Kier molecular flexibility index (Phi) is 3.72. The summed E-state index contributed by atoms with van der Waals surface area (Å²) in [6, 6.07) is 27.3. The Morgan fingerprint density at radius 2 is 1.27 bits per heavy atom. The van der Waals surface area contributed by atoms with E-state index in [0.29, 0.717) is 0 Å². The van der Waals surface area contributed by atoms with Crippen LogP contribution in [0.4, 0.5) is 5.69 Å². The summed E-state index contributed by atoms with van der Waals surface area (Å²) in [5, 5.41) is 0. The van der Waals surface area contributed by atoms with Crippen molar-refractivity contribution in [3.05, 3.63) is 90.0 Å². The molecule has 0 fully saturated rings. The molecular weight excluding hydrogens is 266 g/mol. The minimum atomic E-state index is -0.0571. The predicted molar refractivity (Wildman–Crippen MR) is 94.9 cm³/mol. The zero-order valence-corrected chi connectivity index (χ0v) is 13.1. The molecule has 0 amide bonds. The summed E-state index contributed by atoms with van der Waals surface area (Å²) < 4.78 is 0. The van der Waals surface area contributed by atoms with E-state index >= 15 is 0 Å². The first kappa shape index (κ1) is 14.4. The van der Waals surface area contributed by atoms with Gasteiger partial charge < -0.3 is 5.73 Å². The molecule has 0 saturated heterocycles. The number of nitrogen functional groups attached to an aromatic ring is 1. The molecule has 0 aliphatic rings. The molecule has 0 unspecified atom stereocenters. The van der Waals surface area contributed by atoms with Gasteiger partial charge in [-0.15, -0.1) is 0 Å². The van der Waals surface area contributed by atoms with Crippen LogP contribution in [0.5, 0.6) is 0 Å². The quantitative estimate of drug-likeness (QED) is 0.653. The third-order valence-corrected chi connectivity index (χ3v) is 4.36. The van der Waals surface area contributed by atoms with Crippen LogP contribution >= 0.6 is 0 Å². The Morgan fingerprint density at radius 1 is 0.682 bits per heavy atom. The summed E-state index contributed by atoms with van der Waals surface area (Å²) >= 11 is 0. The van der Waals surface area contributed by atoms with Crippen LogP contribution in [0.1, 0.15) is 25.0 Å². The lowest BCUT2D eigenvalue weighted by atomic mass is 9.77. The Balaban J connectivity index is 2.10. The standard InChI is InChI=1S/C21H21N/c1-21(2,17-11-7-4-8-12-17)18-13-14-20(22)19(15-18)16-9-5-3-6-10-16/h3-15H,22H2,1-2H3. The number of anilines is 1. The van der Waals surface area contributed by atoms with Crippen molar-refractivity contribution in [2.75, 3.05) is 5.73 Å². The monoisotopic (exact) mass is 287 g/mol. The molecule has 0 aliphatic carbocycles. The summed E-state index contributed by atoms with van der Waals surface area (Å²) in [5.74, 6) is 0. The van der Waals surface area contributed by atoms with Crippen LogP contribution in [0.3, 0.4) is 0 Å². The van der Waals surface area contributed by atoms with Crippen molar-refractivity contribution in [1.29, 1.82) is 0 Å². The Hall–Kier alpha value is -2.54. The van der Waals surface area contributed by atoms with Gasteiger partial charge >= 0.3 is 0 Å². The first-order valence-corrected chi connectivity index (χ1v) is 7.60. The van der Waals surface area contributed by atoms with Crippen LogP contribution in [-0.2, 0) is 5.41 Å². The van der Waals surface area contributed by atoms with E-state index < -0.39 is 0 Å². The summed E-state index contributed by atoms with van der Waals surface area (Å²) in [5.41, 5.74) is 11.8. The van der Waals surface area contributed by atoms with Crippen LogP contribution < -0.4 is 5.73 Å². The van der Waals surface area contributed by atoms with Crippen molar-refractivity contribution < 1.29 is 0 Å². The SMILES string of the molecule is CC(C)(c1ccccc1)c1ccc(N)c(-c2ccccc2)c1. The smallest absolute Gasteiger partial charge is 0.0393 e. The second kappa shape index (κ2) is 5.69. The predicted octanol–water partition coefficient (Wildman–Crippen LogP) is 5.26. The molecule has 1 heteroatoms. The van der Waals surface area contributed by atoms with Gasteiger partial charge in [0, 0.05) is 16.7 Å². The van der Waals surface area contributed by atoms with Crippen molar-refractivity contribution in [2.45, 2.75) is 19.3 Å². The molecule has 22 heavy (non-hydrogen) atoms. The van der Waals surface area contributed by atoms with Crippen molar-refractivity contribution >= 4 is 5.69 Å². The molecule has 0 bridgehead atoms. The molecule has 2 N–H and O–H groups in total. The number of nitrogens with two attached hydrogens (primary N) is 1. The number of hydrogen-bond acceptors (Lipinski definition) is 1. The fourth-order valence-corrected chi connectivity index (χ4v) is 2.83. The molecule has 1 nitrogen and oxygen atoms in total. The van der Waals surface area contributed by atoms with Crippen LogP contribution in [0, 0.1) is 0 Å². The van der Waals surface area contributed by atoms with Gasteiger partial charge in [0.15, 0.2) is 0 Å². The highest BCUT2D eigenvalue weighted by atomic mass is 14.6. The first-order valence-electron chi connectivity index (χ1n) is 7.60. The Bertz CT molecular complexity index is 758. The first-order chi connectivity index (χ1) is 10.6. The molecule has 0 saturated carbocycles. The summed E-state index contributed by atoms with van der Waals surface area (Å²) in [6.45, 7) is 4.51. The fraction of sp³-hybridized carbons (Fsp3) is 0.143. The molecule has 110 valence electrons. The molecule has 0 atom stereocenters. The summed E-state index contributed by atoms with van der Waals surface area (Å²) in [4.78, 5) is 0. The van der Waals surface area contributed by atoms with Gasteiger partial charge in [-0.3, -0.25) is 0 Å². The molecule has 3 rings (SSSR count). The van der Waals surface area contributed by atoms with E-state index in [-0.39, 0.29) is 5.41 Å². The number of rotatable bonds is 3. The average molecular weight is 287 g/mol. The van der Waals surface area contributed by atoms with Gasteiger partial charge in [0.05, 0.1) is 0 Å². The highest BCUT2D eigenvalue weighted by molar-refractivity contribution is 5.77. The topological polar surface area (TPSA) is 26.0 Å². The molecule has 0 aromatic heterocycles. The van der Waals surface area contributed by atoms with Gasteiger partial charge in [-0.05, 0) is 28.8 Å². The Morgan fingerprint density at radius 3 is 1.91 bits per heavy atom. The second-order valence-electron chi connectivity index (χ2n) is 6.16. The zero-order valence-electron chi connectivity index (χ0n) is 13.1. The molecule has 0 radical (unpaired) electrons. The van der Waals surface area contributed by atoms with Crippen molar-refractivity contribution in [3.8, 4) is 11.1 Å². The molecule has 0 spiro atoms. The van der Waals surface area contributed by atoms with E-state index in [1.165, 1.54) is 11.1 Å². The van der Waals surface area contributed by atoms with E-state index in [1.807, 2.05) is 24.3 Å². The van der Waals surface area contributed by atoms with E-state index in [1.54, 1.807) is 0 Å². The largest absolute Gasteiger partial charge is 0.398 e. The summed E-state index contributed by atoms with van der Waals surface area (Å²) in [7, 11) is 0. The van der Waals surface area contributed by atoms with Crippen molar-refractivity contribution in [1.82, 2.24) is 0 Å². The second-order valence-corrected chi connectivity index (χ2v) is 6.16. The molecule has 0 heterocycles. The number of benzene rings is 3. The van der Waals surface area contributed by atoms with Gasteiger partial charge in [0.25, 0.3) is 0 Å².